The third kappa shape index (κ3) is 9.82. The van der Waals surface area contributed by atoms with E-state index in [1.165, 1.54) is 10.4 Å². The predicted molar refractivity (Wildman–Crippen MR) is 120 cm³/mol. The molecule has 30 heavy (non-hydrogen) atoms. The molecule has 0 spiro atoms. The minimum absolute atomic E-state index is 0.0101. The van der Waals surface area contributed by atoms with Gasteiger partial charge in [-0.3, -0.25) is 4.79 Å². The summed E-state index contributed by atoms with van der Waals surface area (Å²) in [7, 11) is 1.00. The summed E-state index contributed by atoms with van der Waals surface area (Å²) in [6.45, 7) is 9.98. The Morgan fingerprint density at radius 1 is 1.30 bits per heavy atom. The van der Waals surface area contributed by atoms with Crippen molar-refractivity contribution >= 4 is 17.2 Å². The molecular weight excluding hydrogens is 513 g/mol. The van der Waals surface area contributed by atoms with Crippen LogP contribution < -0.4 is 32.3 Å². The van der Waals surface area contributed by atoms with Crippen molar-refractivity contribution in [2.75, 3.05) is 18.1 Å². The molecule has 0 aliphatic carbocycles. The van der Waals surface area contributed by atoms with Crippen molar-refractivity contribution in [2.45, 2.75) is 53.1 Å². The van der Waals surface area contributed by atoms with Gasteiger partial charge in [-0.05, 0) is 37.4 Å². The van der Waals surface area contributed by atoms with Gasteiger partial charge in [0.1, 0.15) is 0 Å². The number of thiazole rings is 1. The summed E-state index contributed by atoms with van der Waals surface area (Å²) in [5, 5.41) is 13.2. The van der Waals surface area contributed by atoms with Crippen LogP contribution in [0.2, 0.25) is 0 Å². The number of aryl methyl sites for hydroxylation is 1. The van der Waals surface area contributed by atoms with Crippen LogP contribution in [-0.2, 0) is 11.3 Å². The van der Waals surface area contributed by atoms with Gasteiger partial charge < -0.3 is 15.7 Å². The Labute approximate surface area is 195 Å². The number of rotatable bonds is 5. The second-order valence-corrected chi connectivity index (χ2v) is 10.4. The molecule has 1 amide bonds. The number of alkyl halides is 1. The van der Waals surface area contributed by atoms with E-state index in [-0.39, 0.29) is 11.9 Å². The van der Waals surface area contributed by atoms with Crippen LogP contribution in [0.15, 0.2) is 29.8 Å². The van der Waals surface area contributed by atoms with Gasteiger partial charge in [-0.25, -0.2) is 4.98 Å². The maximum atomic E-state index is 11.9. The fraction of sp³-hybridized carbons (Fsp3) is 0.545. The first kappa shape index (κ1) is 27.0. The third-order valence-electron chi connectivity index (χ3n) is 4.27. The summed E-state index contributed by atoms with van der Waals surface area (Å²) in [6, 6.07) is 8.31. The van der Waals surface area contributed by atoms with E-state index in [0.29, 0.717) is 12.0 Å². The van der Waals surface area contributed by atoms with Crippen LogP contribution in [0.5, 0.6) is 0 Å². The molecule has 1 aliphatic rings. The van der Waals surface area contributed by atoms with Gasteiger partial charge in [0.05, 0.1) is 22.1 Å². The van der Waals surface area contributed by atoms with Crippen LogP contribution in [0.4, 0.5) is 0 Å². The minimum atomic E-state index is -0.482. The number of benzene rings is 1. The van der Waals surface area contributed by atoms with E-state index in [4.69, 9.17) is 8.54 Å². The van der Waals surface area contributed by atoms with E-state index in [2.05, 4.69) is 60.7 Å². The molecule has 170 valence electrons. The molecule has 3 rings (SSSR count). The molecule has 6 nitrogen and oxygen atoms in total. The molecule has 0 radical (unpaired) electrons. The zero-order valence-electron chi connectivity index (χ0n) is 18.5. The molecule has 1 aromatic carbocycles. The number of carbonyl (C=O) groups excluding carboxylic acids is 1. The van der Waals surface area contributed by atoms with Gasteiger partial charge in [0.2, 0.25) is 5.91 Å². The van der Waals surface area contributed by atoms with Crippen molar-refractivity contribution < 1.29 is 35.0 Å². The molecule has 4 N–H and O–H groups in total. The van der Waals surface area contributed by atoms with Gasteiger partial charge in [0.25, 0.3) is 0 Å². The van der Waals surface area contributed by atoms with Crippen molar-refractivity contribution in [3.8, 4) is 10.4 Å². The van der Waals surface area contributed by atoms with Crippen molar-refractivity contribution in [3.63, 3.8) is 0 Å². The van der Waals surface area contributed by atoms with Crippen molar-refractivity contribution in [2.24, 2.45) is 5.41 Å². The normalized spacial score (nSPS) is 15.6. The van der Waals surface area contributed by atoms with Gasteiger partial charge in [-0.15, -0.1) is 11.3 Å². The zero-order chi connectivity index (χ0) is 22.6. The maximum Gasteiger partial charge on any atom is 0.237 e. The topological polar surface area (TPSA) is 94.5 Å². The Hall–Kier alpha value is -1.07. The number of carbonyl (C=O) groups is 1. The van der Waals surface area contributed by atoms with E-state index in [0.717, 1.165) is 42.2 Å². The third-order valence-corrected chi connectivity index (χ3v) is 7.87. The van der Waals surface area contributed by atoms with Gasteiger partial charge in [-0.2, -0.15) is 0 Å². The van der Waals surface area contributed by atoms with Crippen LogP contribution in [0.3, 0.4) is 0 Å². The smallest absolute Gasteiger partial charge is 0.237 e. The summed E-state index contributed by atoms with van der Waals surface area (Å²) in [5.41, 5.74) is 5.58. The molecule has 1 fully saturated rings. The van der Waals surface area contributed by atoms with Crippen LogP contribution in [0.25, 0.3) is 10.4 Å². The van der Waals surface area contributed by atoms with Crippen LogP contribution >= 0.6 is 11.3 Å². The number of halogens is 1. The summed E-state index contributed by atoms with van der Waals surface area (Å²) >= 11 is 1.17. The van der Waals surface area contributed by atoms with Crippen LogP contribution in [0, 0.1) is 12.3 Å². The minimum Gasteiger partial charge on any atom is -0.400 e. The van der Waals surface area contributed by atoms with E-state index in [9.17, 15) is 4.79 Å². The maximum absolute atomic E-state index is 11.9. The second kappa shape index (κ2) is 14.1. The molecular formula is C22H35IN3O3S-. The number of aliphatic hydroxyl groups excluding tert-OH is 1. The first-order chi connectivity index (χ1) is 14.3. The Balaban J connectivity index is 0.000000428. The Kier molecular flexibility index (Phi) is 12.7. The van der Waals surface area contributed by atoms with Gasteiger partial charge >= 0.3 is 55.7 Å². The van der Waals surface area contributed by atoms with E-state index >= 15 is 0 Å². The molecule has 1 aliphatic heterocycles. The first-order valence-corrected chi connectivity index (χ1v) is 13.4. The van der Waals surface area contributed by atoms with E-state index in [1.54, 1.807) is 11.3 Å². The average molecular weight is 549 g/mol. The largest absolute Gasteiger partial charge is 0.400 e. The summed E-state index contributed by atoms with van der Waals surface area (Å²) in [4.78, 5) is 17.4. The number of aliphatic hydroxyl groups is 1. The Morgan fingerprint density at radius 2 is 1.97 bits per heavy atom. The van der Waals surface area contributed by atoms with Gasteiger partial charge in [0, 0.05) is 13.7 Å². The SMILES string of the molecule is CC(C)(C)C[I-]O.CO.Cc1ncsc1-c1ccc(CNC(=O)C2CCCN2)cc1. The molecule has 2 aromatic rings. The molecule has 0 saturated carbocycles. The van der Waals surface area contributed by atoms with Crippen molar-refractivity contribution in [1.82, 2.24) is 15.6 Å². The number of hydrogen-bond acceptors (Lipinski definition) is 6. The van der Waals surface area contributed by atoms with Gasteiger partial charge in [0.15, 0.2) is 0 Å². The quantitative estimate of drug-likeness (QED) is 0.315. The second-order valence-electron chi connectivity index (χ2n) is 8.14. The number of amides is 1. The number of nitrogens with one attached hydrogen (secondary N) is 2. The average Bonchev–Trinajstić information content (AvgIpc) is 3.40. The predicted octanol–water partition coefficient (Wildman–Crippen LogP) is 0.124. The molecule has 1 saturated heterocycles. The number of hydrogen-bond donors (Lipinski definition) is 4. The van der Waals surface area contributed by atoms with Crippen molar-refractivity contribution in [1.29, 1.82) is 0 Å². The molecule has 8 heteroatoms. The van der Waals surface area contributed by atoms with E-state index < -0.39 is 21.6 Å². The van der Waals surface area contributed by atoms with Crippen molar-refractivity contribution in [3.05, 3.63) is 41.0 Å². The molecule has 1 atom stereocenters. The fourth-order valence-corrected chi connectivity index (χ4v) is 4.59. The van der Waals surface area contributed by atoms with Crippen LogP contribution in [-0.4, -0.2) is 43.6 Å². The molecule has 1 unspecified atom stereocenters. The monoisotopic (exact) mass is 548 g/mol. The summed E-state index contributed by atoms with van der Waals surface area (Å²) in [5.74, 6) is 0.106. The Bertz CT molecular complexity index is 739. The first-order valence-electron chi connectivity index (χ1n) is 9.98. The van der Waals surface area contributed by atoms with E-state index in [1.807, 2.05) is 12.4 Å². The number of aromatic nitrogens is 1. The molecule has 0 bridgehead atoms. The Morgan fingerprint density at radius 3 is 2.40 bits per heavy atom. The van der Waals surface area contributed by atoms with Crippen LogP contribution in [0.1, 0.15) is 44.9 Å². The number of nitrogens with zero attached hydrogens (tertiary/aromatic N) is 1. The molecule has 1 aromatic heterocycles. The fourth-order valence-electron chi connectivity index (χ4n) is 2.75. The summed E-state index contributed by atoms with van der Waals surface area (Å²) < 4.78 is 9.52. The summed E-state index contributed by atoms with van der Waals surface area (Å²) in [6.07, 6.45) is 2.02. The zero-order valence-corrected chi connectivity index (χ0v) is 21.5. The standard InChI is InChI=1S/C16H19N3OS.C5H12IO.CH4O/c1-11-15(21-10-19-11)13-6-4-12(5-7-13)9-18-16(20)14-3-2-8-17-14;1-5(2,3)4-6-7;1-2/h4-7,10,14,17H,2-3,8-9H2,1H3,(H,18,20);7H,4H2,1-3H3;2H,1H3/q;-1;. The molecule has 2 heterocycles. The van der Waals surface area contributed by atoms with Gasteiger partial charge in [-0.1, -0.05) is 24.3 Å².